The number of allylic oxidation sites excluding steroid dienone is 1. The van der Waals surface area contributed by atoms with Crippen molar-refractivity contribution in [1.82, 2.24) is 4.90 Å². The number of nitrogen functional groups attached to an aromatic ring is 1. The first-order valence-corrected chi connectivity index (χ1v) is 10.8. The smallest absolute Gasteiger partial charge is 0.248 e. The molecule has 0 heterocycles. The molecule has 2 unspecified atom stereocenters. The molecule has 3 N–H and O–H groups in total. The Morgan fingerprint density at radius 2 is 1.94 bits per heavy atom. The van der Waals surface area contributed by atoms with E-state index < -0.39 is 5.82 Å². The van der Waals surface area contributed by atoms with Crippen molar-refractivity contribution in [3.63, 3.8) is 0 Å². The maximum Gasteiger partial charge on any atom is 0.248 e. The van der Waals surface area contributed by atoms with E-state index in [2.05, 4.69) is 42.9 Å². The SMILES string of the molecule is C=C1CC(CC)C(CN(C)Cc2ccc(/C=C/C(=O)Nc3ccc(F)cc3N)cc2)C1. The average molecular weight is 422 g/mol. The van der Waals surface area contributed by atoms with E-state index in [9.17, 15) is 9.18 Å². The molecule has 1 amide bonds. The van der Waals surface area contributed by atoms with E-state index in [1.807, 2.05) is 12.1 Å². The van der Waals surface area contributed by atoms with E-state index in [1.54, 1.807) is 6.08 Å². The first-order chi connectivity index (χ1) is 14.8. The van der Waals surface area contributed by atoms with E-state index in [1.165, 1.54) is 48.3 Å². The minimum absolute atomic E-state index is 0.197. The lowest BCUT2D eigenvalue weighted by molar-refractivity contribution is -0.111. The molecule has 31 heavy (non-hydrogen) atoms. The van der Waals surface area contributed by atoms with E-state index in [-0.39, 0.29) is 11.6 Å². The predicted molar refractivity (Wildman–Crippen MR) is 127 cm³/mol. The average Bonchev–Trinajstić information content (AvgIpc) is 3.08. The molecule has 5 heteroatoms. The number of hydrogen-bond acceptors (Lipinski definition) is 3. The predicted octanol–water partition coefficient (Wildman–Crippen LogP) is 5.48. The zero-order valence-corrected chi connectivity index (χ0v) is 18.4. The van der Waals surface area contributed by atoms with Crippen LogP contribution < -0.4 is 11.1 Å². The van der Waals surface area contributed by atoms with Gasteiger partial charge in [-0.3, -0.25) is 4.79 Å². The summed E-state index contributed by atoms with van der Waals surface area (Å²) in [6, 6.07) is 12.1. The molecule has 164 valence electrons. The standard InChI is InChI=1S/C26H32FN3O/c1-4-21-13-18(2)14-22(21)17-30(3)16-20-7-5-19(6-8-20)9-12-26(31)29-25-11-10-23(27)15-24(25)28/h5-12,15,21-22H,2,4,13-14,16-17,28H2,1,3H3,(H,29,31)/b12-9+. The first-order valence-electron chi connectivity index (χ1n) is 10.8. The molecule has 0 bridgehead atoms. The second-order valence-electron chi connectivity index (χ2n) is 8.58. The number of halogens is 1. The van der Waals surface area contributed by atoms with Crippen LogP contribution in [0, 0.1) is 17.7 Å². The molecule has 4 nitrogen and oxygen atoms in total. The maximum atomic E-state index is 13.1. The quantitative estimate of drug-likeness (QED) is 0.337. The number of nitrogens with zero attached hydrogens (tertiary/aromatic N) is 1. The van der Waals surface area contributed by atoms with E-state index in [4.69, 9.17) is 5.73 Å². The van der Waals surface area contributed by atoms with E-state index >= 15 is 0 Å². The Bertz CT molecular complexity index is 952. The summed E-state index contributed by atoms with van der Waals surface area (Å²) in [4.78, 5) is 14.5. The fourth-order valence-corrected chi connectivity index (χ4v) is 4.35. The van der Waals surface area contributed by atoms with Gasteiger partial charge in [0.05, 0.1) is 11.4 Å². The highest BCUT2D eigenvalue weighted by atomic mass is 19.1. The van der Waals surface area contributed by atoms with Crippen LogP contribution in [0.4, 0.5) is 15.8 Å². The summed E-state index contributed by atoms with van der Waals surface area (Å²) in [6.45, 7) is 8.45. The third kappa shape index (κ3) is 6.53. The number of carbonyl (C=O) groups is 1. The molecule has 0 saturated heterocycles. The molecule has 2 aromatic carbocycles. The van der Waals surface area contributed by atoms with Crippen LogP contribution in [0.3, 0.4) is 0 Å². The summed E-state index contributed by atoms with van der Waals surface area (Å²) < 4.78 is 13.1. The molecule has 1 aliphatic rings. The molecule has 0 radical (unpaired) electrons. The van der Waals surface area contributed by atoms with Gasteiger partial charge in [0.1, 0.15) is 5.82 Å². The van der Waals surface area contributed by atoms with Gasteiger partial charge in [0.25, 0.3) is 0 Å². The van der Waals surface area contributed by atoms with Crippen LogP contribution in [0.15, 0.2) is 60.7 Å². The van der Waals surface area contributed by atoms with Gasteiger partial charge >= 0.3 is 0 Å². The fourth-order valence-electron chi connectivity index (χ4n) is 4.35. The third-order valence-electron chi connectivity index (χ3n) is 5.97. The number of benzene rings is 2. The number of amides is 1. The van der Waals surface area contributed by atoms with Crippen LogP contribution in [0.5, 0.6) is 0 Å². The Labute approximate surface area is 184 Å². The largest absolute Gasteiger partial charge is 0.397 e. The molecule has 2 atom stereocenters. The molecule has 2 aromatic rings. The van der Waals surface area contributed by atoms with Crippen molar-refractivity contribution in [2.75, 3.05) is 24.6 Å². The number of hydrogen-bond donors (Lipinski definition) is 2. The van der Waals surface area contributed by atoms with Gasteiger partial charge in [-0.15, -0.1) is 0 Å². The van der Waals surface area contributed by atoms with Crippen LogP contribution in [0.25, 0.3) is 6.08 Å². The molecule has 1 saturated carbocycles. The second kappa shape index (κ2) is 10.4. The van der Waals surface area contributed by atoms with E-state index in [0.717, 1.165) is 31.0 Å². The van der Waals surface area contributed by atoms with Crippen LogP contribution in [-0.4, -0.2) is 24.4 Å². The normalized spacial score (nSPS) is 18.8. The molecular weight excluding hydrogens is 389 g/mol. The highest BCUT2D eigenvalue weighted by Crippen LogP contribution is 2.37. The van der Waals surface area contributed by atoms with Gasteiger partial charge in [-0.25, -0.2) is 4.39 Å². The number of anilines is 2. The Morgan fingerprint density at radius 3 is 2.61 bits per heavy atom. The Morgan fingerprint density at radius 1 is 1.23 bits per heavy atom. The van der Waals surface area contributed by atoms with Crippen molar-refractivity contribution in [3.8, 4) is 0 Å². The summed E-state index contributed by atoms with van der Waals surface area (Å²) >= 11 is 0. The van der Waals surface area contributed by atoms with Gasteiger partial charge in [0.15, 0.2) is 0 Å². The second-order valence-corrected chi connectivity index (χ2v) is 8.58. The minimum atomic E-state index is -0.435. The lowest BCUT2D eigenvalue weighted by Gasteiger charge is -2.24. The Kier molecular flexibility index (Phi) is 7.64. The van der Waals surface area contributed by atoms with Crippen molar-refractivity contribution in [2.45, 2.75) is 32.7 Å². The first kappa shape index (κ1) is 22.8. The fraction of sp³-hybridized carbons (Fsp3) is 0.346. The topological polar surface area (TPSA) is 58.4 Å². The summed E-state index contributed by atoms with van der Waals surface area (Å²) in [5.41, 5.74) is 9.89. The monoisotopic (exact) mass is 421 g/mol. The zero-order valence-electron chi connectivity index (χ0n) is 18.4. The Balaban J connectivity index is 1.51. The molecule has 0 aromatic heterocycles. The van der Waals surface area contributed by atoms with Crippen LogP contribution in [-0.2, 0) is 11.3 Å². The summed E-state index contributed by atoms with van der Waals surface area (Å²) in [7, 11) is 2.17. The van der Waals surface area contributed by atoms with Crippen LogP contribution >= 0.6 is 0 Å². The third-order valence-corrected chi connectivity index (χ3v) is 5.97. The molecule has 3 rings (SSSR count). The van der Waals surface area contributed by atoms with Crippen molar-refractivity contribution in [1.29, 1.82) is 0 Å². The number of rotatable bonds is 8. The molecule has 0 aliphatic heterocycles. The van der Waals surface area contributed by atoms with Gasteiger partial charge in [-0.05, 0) is 67.1 Å². The highest BCUT2D eigenvalue weighted by molar-refractivity contribution is 6.03. The number of carbonyl (C=O) groups excluding carboxylic acids is 1. The van der Waals surface area contributed by atoms with Crippen molar-refractivity contribution >= 4 is 23.4 Å². The molecule has 1 fully saturated rings. The maximum absolute atomic E-state index is 13.1. The summed E-state index contributed by atoms with van der Waals surface area (Å²) in [5.74, 6) is 0.721. The zero-order chi connectivity index (χ0) is 22.4. The molecular formula is C26H32FN3O. The highest BCUT2D eigenvalue weighted by Gasteiger charge is 2.28. The number of nitrogens with one attached hydrogen (secondary N) is 1. The lowest BCUT2D eigenvalue weighted by atomic mass is 9.93. The van der Waals surface area contributed by atoms with Gasteiger partial charge in [-0.2, -0.15) is 0 Å². The lowest BCUT2D eigenvalue weighted by Crippen LogP contribution is -2.27. The molecule has 1 aliphatic carbocycles. The number of nitrogens with two attached hydrogens (primary N) is 1. The van der Waals surface area contributed by atoms with Crippen LogP contribution in [0.2, 0.25) is 0 Å². The van der Waals surface area contributed by atoms with Crippen molar-refractivity contribution in [3.05, 3.63) is 77.6 Å². The molecule has 0 spiro atoms. The van der Waals surface area contributed by atoms with Gasteiger partial charge in [-0.1, -0.05) is 49.8 Å². The van der Waals surface area contributed by atoms with Crippen molar-refractivity contribution < 1.29 is 9.18 Å². The summed E-state index contributed by atoms with van der Waals surface area (Å²) in [6.07, 6.45) is 6.75. The van der Waals surface area contributed by atoms with Gasteiger partial charge in [0, 0.05) is 19.2 Å². The summed E-state index contributed by atoms with van der Waals surface area (Å²) in [5, 5.41) is 2.66. The van der Waals surface area contributed by atoms with Crippen LogP contribution in [0.1, 0.15) is 37.3 Å². The van der Waals surface area contributed by atoms with Crippen molar-refractivity contribution in [2.24, 2.45) is 11.8 Å². The Hall–Kier alpha value is -2.92. The minimum Gasteiger partial charge on any atom is -0.397 e. The van der Waals surface area contributed by atoms with Gasteiger partial charge in [0.2, 0.25) is 5.91 Å². The van der Waals surface area contributed by atoms with E-state index in [0.29, 0.717) is 11.6 Å². The van der Waals surface area contributed by atoms with Gasteiger partial charge < -0.3 is 16.0 Å².